The lowest BCUT2D eigenvalue weighted by molar-refractivity contribution is -0.130. The first-order chi connectivity index (χ1) is 12.5. The normalized spacial score (nSPS) is 10.8. The summed E-state index contributed by atoms with van der Waals surface area (Å²) < 4.78 is 1.19. The molecule has 0 radical (unpaired) electrons. The van der Waals surface area contributed by atoms with Gasteiger partial charge >= 0.3 is 0 Å². The van der Waals surface area contributed by atoms with Crippen LogP contribution in [0.25, 0.3) is 10.8 Å². The molecule has 0 saturated carbocycles. The molecule has 0 unspecified atom stereocenters. The molecule has 3 rings (SSSR count). The van der Waals surface area contributed by atoms with Crippen LogP contribution >= 0.6 is 11.6 Å². The highest BCUT2D eigenvalue weighted by Crippen LogP contribution is 2.12. The number of aromatic nitrogens is 2. The van der Waals surface area contributed by atoms with E-state index in [9.17, 15) is 14.4 Å². The summed E-state index contributed by atoms with van der Waals surface area (Å²) >= 11 is 5.95. The summed E-state index contributed by atoms with van der Waals surface area (Å²) in [6.45, 7) is 0.528. The molecule has 0 aliphatic rings. The Morgan fingerprint density at radius 2 is 1.85 bits per heavy atom. The minimum atomic E-state index is -0.347. The lowest BCUT2D eigenvalue weighted by Crippen LogP contribution is -2.33. The van der Waals surface area contributed by atoms with E-state index >= 15 is 0 Å². The molecule has 1 heterocycles. The molecular weight excluding hydrogens is 354 g/mol. The van der Waals surface area contributed by atoms with Crippen molar-refractivity contribution in [3.63, 3.8) is 0 Å². The molecule has 0 atom stereocenters. The van der Waals surface area contributed by atoms with E-state index < -0.39 is 0 Å². The van der Waals surface area contributed by atoms with Crippen LogP contribution in [-0.2, 0) is 17.9 Å². The maximum absolute atomic E-state index is 12.4. The van der Waals surface area contributed by atoms with E-state index in [0.29, 0.717) is 22.3 Å². The van der Waals surface area contributed by atoms with Gasteiger partial charge < -0.3 is 4.90 Å². The van der Waals surface area contributed by atoms with Crippen molar-refractivity contribution < 1.29 is 4.79 Å². The van der Waals surface area contributed by atoms with Gasteiger partial charge in [-0.15, -0.1) is 0 Å². The molecular formula is C19H18ClN3O3. The maximum Gasteiger partial charge on any atom is 0.273 e. The predicted molar refractivity (Wildman–Crippen MR) is 101 cm³/mol. The first-order valence-corrected chi connectivity index (χ1v) is 8.54. The summed E-state index contributed by atoms with van der Waals surface area (Å²) in [5, 5.41) is 3.83. The highest BCUT2D eigenvalue weighted by atomic mass is 35.5. The number of hydrogen-bond acceptors (Lipinski definition) is 3. The Hall–Kier alpha value is -2.86. The van der Waals surface area contributed by atoms with E-state index in [1.54, 1.807) is 48.3 Å². The van der Waals surface area contributed by atoms with Gasteiger partial charge in [-0.05, 0) is 29.8 Å². The third-order valence-corrected chi connectivity index (χ3v) is 4.40. The molecule has 0 spiro atoms. The Bertz CT molecular complexity index is 1070. The minimum Gasteiger partial charge on any atom is -0.341 e. The number of aromatic amines is 1. The second-order valence-corrected chi connectivity index (χ2v) is 6.51. The first-order valence-electron chi connectivity index (χ1n) is 8.16. The zero-order valence-corrected chi connectivity index (χ0v) is 15.0. The van der Waals surface area contributed by atoms with Gasteiger partial charge in [0.25, 0.3) is 11.1 Å². The van der Waals surface area contributed by atoms with Crippen LogP contribution in [-0.4, -0.2) is 27.6 Å². The highest BCUT2D eigenvalue weighted by molar-refractivity contribution is 6.30. The molecule has 1 amide bonds. The number of nitrogens with zero attached hydrogens (tertiary/aromatic N) is 2. The summed E-state index contributed by atoms with van der Waals surface area (Å²) in [6.07, 6.45) is 0.102. The van der Waals surface area contributed by atoms with Gasteiger partial charge in [0.05, 0.1) is 17.3 Å². The van der Waals surface area contributed by atoms with Crippen molar-refractivity contribution in [2.75, 3.05) is 7.05 Å². The fourth-order valence-corrected chi connectivity index (χ4v) is 3.01. The van der Waals surface area contributed by atoms with E-state index in [1.165, 1.54) is 4.68 Å². The third-order valence-electron chi connectivity index (χ3n) is 4.17. The molecule has 0 aliphatic carbocycles. The van der Waals surface area contributed by atoms with Gasteiger partial charge in [-0.1, -0.05) is 35.9 Å². The minimum absolute atomic E-state index is 0.102. The lowest BCUT2D eigenvalue weighted by Gasteiger charge is -2.17. The number of rotatable bonds is 5. The molecule has 7 heteroatoms. The fourth-order valence-electron chi connectivity index (χ4n) is 2.80. The molecule has 0 saturated heterocycles. The fraction of sp³-hybridized carbons (Fsp3) is 0.211. The van der Waals surface area contributed by atoms with Gasteiger partial charge in [0.2, 0.25) is 5.91 Å². The molecule has 3 aromatic rings. The van der Waals surface area contributed by atoms with Crippen molar-refractivity contribution in [3.05, 3.63) is 79.8 Å². The smallest absolute Gasteiger partial charge is 0.273 e. The van der Waals surface area contributed by atoms with Crippen LogP contribution in [0.2, 0.25) is 5.02 Å². The number of fused-ring (bicyclic) bond motifs is 1. The number of carbonyl (C=O) groups excluding carboxylic acids is 1. The third kappa shape index (κ3) is 3.86. The van der Waals surface area contributed by atoms with E-state index in [4.69, 9.17) is 11.6 Å². The Morgan fingerprint density at radius 3 is 2.58 bits per heavy atom. The van der Waals surface area contributed by atoms with E-state index in [0.717, 1.165) is 5.56 Å². The second-order valence-electron chi connectivity index (χ2n) is 6.07. The standard InChI is InChI=1S/C19H18ClN3O3/c1-22(12-13-5-4-6-14(20)11-13)17(24)9-10-23-19(26)16-8-3-2-7-15(16)18(25)21-23/h2-8,11H,9-10,12H2,1H3,(H,21,25). The Morgan fingerprint density at radius 1 is 1.12 bits per heavy atom. The Balaban J connectivity index is 1.71. The van der Waals surface area contributed by atoms with Crippen molar-refractivity contribution >= 4 is 28.3 Å². The van der Waals surface area contributed by atoms with E-state index in [-0.39, 0.29) is 30.0 Å². The topological polar surface area (TPSA) is 75.2 Å². The van der Waals surface area contributed by atoms with Crippen LogP contribution in [0.15, 0.2) is 58.1 Å². The van der Waals surface area contributed by atoms with Gasteiger partial charge in [-0.3, -0.25) is 19.5 Å². The van der Waals surface area contributed by atoms with Crippen LogP contribution in [0.1, 0.15) is 12.0 Å². The number of aryl methyl sites for hydroxylation is 1. The predicted octanol–water partition coefficient (Wildman–Crippen LogP) is 2.39. The number of halogens is 1. The quantitative estimate of drug-likeness (QED) is 0.748. The van der Waals surface area contributed by atoms with Crippen molar-refractivity contribution in [1.82, 2.24) is 14.7 Å². The molecule has 0 bridgehead atoms. The highest BCUT2D eigenvalue weighted by Gasteiger charge is 2.12. The number of carbonyl (C=O) groups is 1. The second kappa shape index (κ2) is 7.58. The molecule has 1 N–H and O–H groups in total. The van der Waals surface area contributed by atoms with Gasteiger partial charge in [-0.25, -0.2) is 4.68 Å². The Kier molecular flexibility index (Phi) is 5.23. The molecule has 134 valence electrons. The number of hydrogen-bond donors (Lipinski definition) is 1. The molecule has 26 heavy (non-hydrogen) atoms. The molecule has 1 aromatic heterocycles. The SMILES string of the molecule is CN(Cc1cccc(Cl)c1)C(=O)CCn1[nH]c(=O)c2ccccc2c1=O. The molecule has 0 aliphatic heterocycles. The molecule has 2 aromatic carbocycles. The first kappa shape index (κ1) is 17.9. The van der Waals surface area contributed by atoms with Gasteiger partial charge in [0.15, 0.2) is 0 Å². The summed E-state index contributed by atoms with van der Waals surface area (Å²) in [6, 6.07) is 13.9. The van der Waals surface area contributed by atoms with Crippen molar-refractivity contribution in [1.29, 1.82) is 0 Å². The molecule has 0 fully saturated rings. The van der Waals surface area contributed by atoms with Crippen molar-refractivity contribution in [2.24, 2.45) is 0 Å². The van der Waals surface area contributed by atoms with Crippen LogP contribution < -0.4 is 11.1 Å². The Labute approximate surface area is 154 Å². The van der Waals surface area contributed by atoms with Crippen molar-refractivity contribution in [2.45, 2.75) is 19.5 Å². The van der Waals surface area contributed by atoms with Crippen LogP contribution in [0.3, 0.4) is 0 Å². The summed E-state index contributed by atoms with van der Waals surface area (Å²) in [7, 11) is 1.69. The summed E-state index contributed by atoms with van der Waals surface area (Å²) in [5.74, 6) is -0.133. The van der Waals surface area contributed by atoms with Gasteiger partial charge in [0, 0.05) is 25.0 Å². The average Bonchev–Trinajstić information content (AvgIpc) is 2.63. The zero-order chi connectivity index (χ0) is 18.7. The zero-order valence-electron chi connectivity index (χ0n) is 14.2. The van der Waals surface area contributed by atoms with Crippen LogP contribution in [0, 0.1) is 0 Å². The van der Waals surface area contributed by atoms with E-state index in [1.807, 2.05) is 12.1 Å². The number of amides is 1. The van der Waals surface area contributed by atoms with Crippen LogP contribution in [0.5, 0.6) is 0 Å². The number of benzene rings is 2. The lowest BCUT2D eigenvalue weighted by atomic mass is 10.2. The summed E-state index contributed by atoms with van der Waals surface area (Å²) in [4.78, 5) is 38.4. The van der Waals surface area contributed by atoms with Crippen molar-refractivity contribution in [3.8, 4) is 0 Å². The van der Waals surface area contributed by atoms with E-state index in [2.05, 4.69) is 5.10 Å². The number of H-pyrrole nitrogens is 1. The van der Waals surface area contributed by atoms with Crippen LogP contribution in [0.4, 0.5) is 0 Å². The largest absolute Gasteiger partial charge is 0.341 e. The maximum atomic E-state index is 12.4. The molecule has 6 nitrogen and oxygen atoms in total. The summed E-state index contributed by atoms with van der Waals surface area (Å²) in [5.41, 5.74) is 0.259. The van der Waals surface area contributed by atoms with Gasteiger partial charge in [0.1, 0.15) is 0 Å². The number of nitrogens with one attached hydrogen (secondary N) is 1. The van der Waals surface area contributed by atoms with Gasteiger partial charge in [-0.2, -0.15) is 0 Å². The monoisotopic (exact) mass is 371 g/mol. The average molecular weight is 372 g/mol.